The Morgan fingerprint density at radius 2 is 2.11 bits per heavy atom. The molecule has 0 aliphatic heterocycles. The fraction of sp³-hybridized carbons (Fsp3) is 0. The van der Waals surface area contributed by atoms with Crippen molar-refractivity contribution in [1.29, 1.82) is 0 Å². The van der Waals surface area contributed by atoms with Crippen LogP contribution in [0.4, 0.5) is 10.1 Å². The van der Waals surface area contributed by atoms with Gasteiger partial charge in [-0.15, -0.1) is 0 Å². The molecule has 0 bridgehead atoms. The Morgan fingerprint density at radius 1 is 1.33 bits per heavy atom. The number of nitrogens with one attached hydrogen (secondary N) is 2. The molecule has 2 aromatic rings. The van der Waals surface area contributed by atoms with Crippen LogP contribution in [-0.2, 0) is 10.0 Å². The largest absolute Gasteiger partial charge is 0.366 e. The molecule has 0 fully saturated rings. The van der Waals surface area contributed by atoms with E-state index in [1.807, 2.05) is 4.72 Å². The van der Waals surface area contributed by atoms with Crippen LogP contribution in [0.2, 0.25) is 0 Å². The summed E-state index contributed by atoms with van der Waals surface area (Å²) in [6.07, 6.45) is 4.43. The van der Waals surface area contributed by atoms with Gasteiger partial charge in [-0.3, -0.25) is 14.5 Å². The van der Waals surface area contributed by atoms with Crippen molar-refractivity contribution in [3.05, 3.63) is 53.0 Å². The monoisotopic (exact) mass is 269 g/mol. The summed E-state index contributed by atoms with van der Waals surface area (Å²) in [4.78, 5) is 16.9. The Bertz CT molecular complexity index is 727. The second-order valence-electron chi connectivity index (χ2n) is 3.33. The second kappa shape index (κ2) is 4.57. The SMILES string of the molecule is O=c1cc[nH]cc1S(=O)(=O)Nc1ccncc1F. The van der Waals surface area contributed by atoms with Gasteiger partial charge in [-0.2, -0.15) is 0 Å². The van der Waals surface area contributed by atoms with Gasteiger partial charge in [-0.05, 0) is 6.07 Å². The molecule has 0 spiro atoms. The predicted molar refractivity (Wildman–Crippen MR) is 62.1 cm³/mol. The first-order valence-electron chi connectivity index (χ1n) is 4.80. The first-order chi connectivity index (χ1) is 8.50. The molecule has 18 heavy (non-hydrogen) atoms. The molecule has 2 aromatic heterocycles. The Labute approximate surface area is 102 Å². The number of nitrogens with zero attached hydrogens (tertiary/aromatic N) is 1. The third-order valence-corrected chi connectivity index (χ3v) is 3.48. The van der Waals surface area contributed by atoms with Gasteiger partial charge in [0.05, 0.1) is 11.9 Å². The van der Waals surface area contributed by atoms with E-state index < -0.39 is 26.2 Å². The summed E-state index contributed by atoms with van der Waals surface area (Å²) in [6, 6.07) is 2.22. The van der Waals surface area contributed by atoms with E-state index in [4.69, 9.17) is 0 Å². The van der Waals surface area contributed by atoms with Crippen LogP contribution in [0, 0.1) is 5.82 Å². The van der Waals surface area contributed by atoms with Gasteiger partial charge in [0.25, 0.3) is 10.0 Å². The predicted octanol–water partition coefficient (Wildman–Crippen LogP) is 0.710. The lowest BCUT2D eigenvalue weighted by atomic mass is 10.4. The van der Waals surface area contributed by atoms with E-state index >= 15 is 0 Å². The molecule has 0 aliphatic rings. The Kier molecular flexibility index (Phi) is 3.11. The lowest BCUT2D eigenvalue weighted by Crippen LogP contribution is -2.21. The van der Waals surface area contributed by atoms with Crippen LogP contribution < -0.4 is 10.2 Å². The number of aromatic nitrogens is 2. The van der Waals surface area contributed by atoms with Crippen LogP contribution in [0.5, 0.6) is 0 Å². The molecule has 0 radical (unpaired) electrons. The van der Waals surface area contributed by atoms with Gasteiger partial charge in [-0.25, -0.2) is 12.8 Å². The highest BCUT2D eigenvalue weighted by Crippen LogP contribution is 2.15. The lowest BCUT2D eigenvalue weighted by Gasteiger charge is -2.07. The zero-order valence-corrected chi connectivity index (χ0v) is 9.74. The number of hydrogen-bond acceptors (Lipinski definition) is 4. The number of sulfonamides is 1. The molecular formula is C10H8FN3O3S. The fourth-order valence-corrected chi connectivity index (χ4v) is 2.39. The molecule has 2 N–H and O–H groups in total. The highest BCUT2D eigenvalue weighted by molar-refractivity contribution is 7.92. The quantitative estimate of drug-likeness (QED) is 0.858. The Balaban J connectivity index is 2.43. The topological polar surface area (TPSA) is 91.9 Å². The normalized spacial score (nSPS) is 11.2. The number of anilines is 1. The van der Waals surface area contributed by atoms with Gasteiger partial charge < -0.3 is 4.98 Å². The van der Waals surface area contributed by atoms with Gasteiger partial charge >= 0.3 is 0 Å². The maximum absolute atomic E-state index is 13.3. The van der Waals surface area contributed by atoms with Crippen molar-refractivity contribution in [2.24, 2.45) is 0 Å². The van der Waals surface area contributed by atoms with Gasteiger partial charge in [0.1, 0.15) is 0 Å². The standard InChI is InChI=1S/C10H8FN3O3S/c11-7-5-12-3-1-8(7)14-18(16,17)10-6-13-4-2-9(10)15/h1-6H,(H,12,14)(H,13,15). The van der Waals surface area contributed by atoms with Crippen LogP contribution in [0.15, 0.2) is 46.6 Å². The molecule has 0 unspecified atom stereocenters. The molecule has 94 valence electrons. The summed E-state index contributed by atoms with van der Waals surface area (Å²) in [6.45, 7) is 0. The number of H-pyrrole nitrogens is 1. The molecule has 0 atom stereocenters. The number of pyridine rings is 2. The van der Waals surface area contributed by atoms with Gasteiger partial charge in [-0.1, -0.05) is 0 Å². The van der Waals surface area contributed by atoms with E-state index in [1.54, 1.807) is 0 Å². The number of halogens is 1. The van der Waals surface area contributed by atoms with E-state index in [2.05, 4.69) is 9.97 Å². The summed E-state index contributed by atoms with van der Waals surface area (Å²) < 4.78 is 39.0. The van der Waals surface area contributed by atoms with Crippen molar-refractivity contribution in [3.8, 4) is 0 Å². The highest BCUT2D eigenvalue weighted by atomic mass is 32.2. The lowest BCUT2D eigenvalue weighted by molar-refractivity contribution is 0.597. The van der Waals surface area contributed by atoms with Crippen molar-refractivity contribution in [1.82, 2.24) is 9.97 Å². The van der Waals surface area contributed by atoms with Gasteiger partial charge in [0, 0.05) is 24.7 Å². The number of hydrogen-bond donors (Lipinski definition) is 2. The summed E-state index contributed by atoms with van der Waals surface area (Å²) >= 11 is 0. The van der Waals surface area contributed by atoms with Crippen LogP contribution >= 0.6 is 0 Å². The maximum atomic E-state index is 13.3. The molecular weight excluding hydrogens is 261 g/mol. The molecule has 8 heteroatoms. The van der Waals surface area contributed by atoms with E-state index in [1.165, 1.54) is 12.4 Å². The first-order valence-corrected chi connectivity index (χ1v) is 6.28. The minimum atomic E-state index is -4.13. The number of rotatable bonds is 3. The molecule has 0 aliphatic carbocycles. The molecule has 2 heterocycles. The fourth-order valence-electron chi connectivity index (χ4n) is 1.27. The zero-order chi connectivity index (χ0) is 13.2. The van der Waals surface area contributed by atoms with Crippen LogP contribution in [0.3, 0.4) is 0 Å². The van der Waals surface area contributed by atoms with Crippen molar-refractivity contribution >= 4 is 15.7 Å². The van der Waals surface area contributed by atoms with Crippen molar-refractivity contribution in [3.63, 3.8) is 0 Å². The van der Waals surface area contributed by atoms with E-state index in [9.17, 15) is 17.6 Å². The average molecular weight is 269 g/mol. The molecule has 0 amide bonds. The third-order valence-electron chi connectivity index (χ3n) is 2.09. The molecule has 0 saturated carbocycles. The van der Waals surface area contributed by atoms with Crippen LogP contribution in [-0.4, -0.2) is 18.4 Å². The summed E-state index contributed by atoms with van der Waals surface area (Å²) in [7, 11) is -4.13. The maximum Gasteiger partial charge on any atom is 0.267 e. The minimum Gasteiger partial charge on any atom is -0.366 e. The summed E-state index contributed by atoms with van der Waals surface area (Å²) in [5, 5.41) is 0. The third kappa shape index (κ3) is 2.38. The first kappa shape index (κ1) is 12.2. The average Bonchev–Trinajstić information content (AvgIpc) is 2.32. The molecule has 0 aromatic carbocycles. The smallest absolute Gasteiger partial charge is 0.267 e. The van der Waals surface area contributed by atoms with Gasteiger partial charge in [0.15, 0.2) is 10.7 Å². The molecule has 0 saturated heterocycles. The summed E-state index contributed by atoms with van der Waals surface area (Å²) in [5.41, 5.74) is -0.955. The second-order valence-corrected chi connectivity index (χ2v) is 4.98. The van der Waals surface area contributed by atoms with E-state index in [0.29, 0.717) is 0 Å². The van der Waals surface area contributed by atoms with E-state index in [0.717, 1.165) is 24.5 Å². The van der Waals surface area contributed by atoms with Crippen molar-refractivity contribution in [2.75, 3.05) is 4.72 Å². The van der Waals surface area contributed by atoms with Gasteiger partial charge in [0.2, 0.25) is 5.43 Å². The van der Waals surface area contributed by atoms with Crippen molar-refractivity contribution in [2.45, 2.75) is 4.90 Å². The minimum absolute atomic E-state index is 0.270. The number of aromatic amines is 1. The molecule has 2 rings (SSSR count). The van der Waals surface area contributed by atoms with E-state index in [-0.39, 0.29) is 5.69 Å². The van der Waals surface area contributed by atoms with Crippen LogP contribution in [0.25, 0.3) is 0 Å². The van der Waals surface area contributed by atoms with Crippen LogP contribution in [0.1, 0.15) is 0 Å². The van der Waals surface area contributed by atoms with Crippen molar-refractivity contribution < 1.29 is 12.8 Å². The Hall–Kier alpha value is -2.22. The summed E-state index contributed by atoms with van der Waals surface area (Å²) in [5.74, 6) is -0.826. The highest BCUT2D eigenvalue weighted by Gasteiger charge is 2.19. The molecule has 6 nitrogen and oxygen atoms in total. The zero-order valence-electron chi connectivity index (χ0n) is 8.92. The Morgan fingerprint density at radius 3 is 2.78 bits per heavy atom.